The maximum Gasteiger partial charge on any atom is 0.115 e. The third-order valence-corrected chi connectivity index (χ3v) is 3.90. The van der Waals surface area contributed by atoms with Gasteiger partial charge in [-0.25, -0.2) is 0 Å². The number of rotatable bonds is 12. The number of phenolic OH excluding ortho intramolecular Hbond substituents is 1. The van der Waals surface area contributed by atoms with Gasteiger partial charge in [0.05, 0.1) is 0 Å². The van der Waals surface area contributed by atoms with Gasteiger partial charge in [0, 0.05) is 0 Å². The van der Waals surface area contributed by atoms with Gasteiger partial charge in [-0.05, 0) is 63.1 Å². The molecule has 0 aliphatic heterocycles. The van der Waals surface area contributed by atoms with Crippen LogP contribution in [0.2, 0.25) is 0 Å². The van der Waals surface area contributed by atoms with Gasteiger partial charge >= 0.3 is 0 Å². The summed E-state index contributed by atoms with van der Waals surface area (Å²) in [6, 6.07) is 7.56. The summed E-state index contributed by atoms with van der Waals surface area (Å²) in [6.45, 7) is 2.09. The Kier molecular flexibility index (Phi) is 11.1. The Morgan fingerprint density at radius 1 is 0.818 bits per heavy atom. The van der Waals surface area contributed by atoms with Crippen LogP contribution in [0, 0.1) is 0 Å². The van der Waals surface area contributed by atoms with Gasteiger partial charge in [-0.3, -0.25) is 0 Å². The Morgan fingerprint density at radius 2 is 1.45 bits per heavy atom. The van der Waals surface area contributed by atoms with Gasteiger partial charge in [0.25, 0.3) is 0 Å². The topological polar surface area (TPSA) is 20.2 Å². The van der Waals surface area contributed by atoms with E-state index in [0.717, 1.165) is 12.8 Å². The van der Waals surface area contributed by atoms with E-state index in [1.807, 2.05) is 12.1 Å². The van der Waals surface area contributed by atoms with E-state index in [9.17, 15) is 5.11 Å². The molecule has 1 aromatic rings. The maximum absolute atomic E-state index is 9.40. The molecule has 122 valence electrons. The van der Waals surface area contributed by atoms with Gasteiger partial charge in [0.15, 0.2) is 0 Å². The van der Waals surface area contributed by atoms with E-state index in [4.69, 9.17) is 0 Å². The predicted molar refractivity (Wildman–Crippen MR) is 97.3 cm³/mol. The van der Waals surface area contributed by atoms with E-state index in [0.29, 0.717) is 5.75 Å². The Balaban J connectivity index is 1.90. The summed E-state index contributed by atoms with van der Waals surface area (Å²) in [5.74, 6) is 0.368. The van der Waals surface area contributed by atoms with Crippen molar-refractivity contribution in [3.05, 3.63) is 54.1 Å². The Hall–Kier alpha value is -1.50. The van der Waals surface area contributed by atoms with Crippen molar-refractivity contribution in [1.29, 1.82) is 0 Å². The summed E-state index contributed by atoms with van der Waals surface area (Å²) in [5.41, 5.74) is 1.21. The Morgan fingerprint density at radius 3 is 2.14 bits per heavy atom. The normalized spacial score (nSPS) is 11.7. The van der Waals surface area contributed by atoms with Crippen LogP contribution in [-0.4, -0.2) is 5.11 Å². The van der Waals surface area contributed by atoms with Gasteiger partial charge < -0.3 is 5.11 Å². The molecule has 0 spiro atoms. The molecule has 0 radical (unpaired) electrons. The molecule has 1 rings (SSSR count). The summed E-state index contributed by atoms with van der Waals surface area (Å²) in [5, 5.41) is 9.40. The molecule has 0 heterocycles. The quantitative estimate of drug-likeness (QED) is 0.341. The minimum Gasteiger partial charge on any atom is -0.508 e. The third-order valence-electron chi connectivity index (χ3n) is 3.90. The van der Waals surface area contributed by atoms with Crippen LogP contribution in [0.15, 0.2) is 48.6 Å². The van der Waals surface area contributed by atoms with Crippen LogP contribution in [0.4, 0.5) is 0 Å². The fourth-order valence-corrected chi connectivity index (χ4v) is 2.60. The highest BCUT2D eigenvalue weighted by Gasteiger charge is 1.93. The van der Waals surface area contributed by atoms with Crippen LogP contribution in [0.3, 0.4) is 0 Å². The second-order valence-corrected chi connectivity index (χ2v) is 5.95. The van der Waals surface area contributed by atoms with E-state index < -0.39 is 0 Å². The van der Waals surface area contributed by atoms with Crippen molar-refractivity contribution in [2.75, 3.05) is 0 Å². The minimum atomic E-state index is 0.368. The molecule has 0 aliphatic rings. The van der Waals surface area contributed by atoms with Gasteiger partial charge in [-0.15, -0.1) is 0 Å². The molecule has 22 heavy (non-hydrogen) atoms. The summed E-state index contributed by atoms with van der Waals surface area (Å²) < 4.78 is 0. The first-order valence-corrected chi connectivity index (χ1v) is 8.87. The molecule has 1 heteroatoms. The van der Waals surface area contributed by atoms with Crippen LogP contribution < -0.4 is 0 Å². The van der Waals surface area contributed by atoms with E-state index in [1.165, 1.54) is 56.9 Å². The fraction of sp³-hybridized carbons (Fsp3) is 0.524. The number of allylic oxidation sites excluding steroid dienone is 4. The van der Waals surface area contributed by atoms with Crippen LogP contribution in [-0.2, 0) is 6.42 Å². The lowest BCUT2D eigenvalue weighted by Crippen LogP contribution is -1.82. The third kappa shape index (κ3) is 10.3. The van der Waals surface area contributed by atoms with Crippen molar-refractivity contribution in [1.82, 2.24) is 0 Å². The monoisotopic (exact) mass is 300 g/mol. The highest BCUT2D eigenvalue weighted by molar-refractivity contribution is 5.27. The van der Waals surface area contributed by atoms with Crippen molar-refractivity contribution < 1.29 is 5.11 Å². The smallest absolute Gasteiger partial charge is 0.115 e. The number of aromatic hydroxyl groups is 1. The number of hydrogen-bond acceptors (Lipinski definition) is 1. The molecule has 0 saturated heterocycles. The molecule has 0 atom stereocenters. The van der Waals surface area contributed by atoms with E-state index in [1.54, 1.807) is 6.07 Å². The van der Waals surface area contributed by atoms with Crippen LogP contribution in [0.5, 0.6) is 5.75 Å². The number of unbranched alkanes of at least 4 members (excludes halogenated alkanes) is 7. The van der Waals surface area contributed by atoms with E-state index in [2.05, 4.69) is 37.3 Å². The number of hydrogen-bond donors (Lipinski definition) is 1. The van der Waals surface area contributed by atoms with Gasteiger partial charge in [-0.1, -0.05) is 62.1 Å². The molecule has 0 bridgehead atoms. The second kappa shape index (κ2) is 13.2. The van der Waals surface area contributed by atoms with Crippen molar-refractivity contribution >= 4 is 0 Å². The molecule has 1 aromatic carbocycles. The number of phenols is 1. The zero-order chi connectivity index (χ0) is 15.9. The first-order chi connectivity index (χ1) is 10.8. The molecule has 0 aliphatic carbocycles. The molecule has 0 aromatic heterocycles. The zero-order valence-corrected chi connectivity index (χ0v) is 14.1. The summed E-state index contributed by atoms with van der Waals surface area (Å²) in [7, 11) is 0. The number of aryl methyl sites for hydroxylation is 1. The largest absolute Gasteiger partial charge is 0.508 e. The lowest BCUT2D eigenvalue weighted by molar-refractivity contribution is 0.474. The fourth-order valence-electron chi connectivity index (χ4n) is 2.60. The van der Waals surface area contributed by atoms with Crippen molar-refractivity contribution in [2.24, 2.45) is 0 Å². The molecule has 1 nitrogen and oxygen atoms in total. The highest BCUT2D eigenvalue weighted by atomic mass is 16.3. The first kappa shape index (κ1) is 18.5. The summed E-state index contributed by atoms with van der Waals surface area (Å²) in [6.07, 6.45) is 21.7. The molecule has 1 N–H and O–H groups in total. The van der Waals surface area contributed by atoms with E-state index >= 15 is 0 Å². The lowest BCUT2D eigenvalue weighted by Gasteiger charge is -2.00. The van der Waals surface area contributed by atoms with Crippen LogP contribution in [0.1, 0.15) is 70.3 Å². The lowest BCUT2D eigenvalue weighted by atomic mass is 10.1. The highest BCUT2D eigenvalue weighted by Crippen LogP contribution is 2.13. The molecular formula is C21H32O. The van der Waals surface area contributed by atoms with Crippen molar-refractivity contribution in [2.45, 2.75) is 71.1 Å². The second-order valence-electron chi connectivity index (χ2n) is 5.95. The van der Waals surface area contributed by atoms with Crippen LogP contribution >= 0.6 is 0 Å². The molecule has 0 saturated carbocycles. The zero-order valence-electron chi connectivity index (χ0n) is 14.1. The standard InChI is InChI=1S/C21H32O/c1-2-3-4-5-6-7-8-9-10-11-12-13-14-16-20-17-15-18-21(22)19-20/h2-3,12-13,15,17-19,22H,4-11,14,16H2,1H3/b3-2+,13-12+. The molecule has 0 fully saturated rings. The predicted octanol–water partition coefficient (Wildman–Crippen LogP) is 6.58. The number of benzene rings is 1. The average molecular weight is 300 g/mol. The van der Waals surface area contributed by atoms with Gasteiger partial charge in [-0.2, -0.15) is 0 Å². The van der Waals surface area contributed by atoms with Gasteiger partial charge in [0.2, 0.25) is 0 Å². The molecule has 0 unspecified atom stereocenters. The Bertz CT molecular complexity index is 431. The molecule has 0 amide bonds. The molecular weight excluding hydrogens is 268 g/mol. The Labute approximate surface area is 136 Å². The SMILES string of the molecule is C/C=C/CCCCCCCC/C=C/CCc1cccc(O)c1. The average Bonchev–Trinajstić information content (AvgIpc) is 2.52. The van der Waals surface area contributed by atoms with Crippen LogP contribution in [0.25, 0.3) is 0 Å². The summed E-state index contributed by atoms with van der Waals surface area (Å²) in [4.78, 5) is 0. The van der Waals surface area contributed by atoms with Gasteiger partial charge in [0.1, 0.15) is 5.75 Å². The summed E-state index contributed by atoms with van der Waals surface area (Å²) >= 11 is 0. The maximum atomic E-state index is 9.40. The minimum absolute atomic E-state index is 0.368. The first-order valence-electron chi connectivity index (χ1n) is 8.87. The van der Waals surface area contributed by atoms with Crippen molar-refractivity contribution in [3.63, 3.8) is 0 Å². The van der Waals surface area contributed by atoms with Crippen molar-refractivity contribution in [3.8, 4) is 5.75 Å². The van der Waals surface area contributed by atoms with E-state index in [-0.39, 0.29) is 0 Å².